The van der Waals surface area contributed by atoms with Gasteiger partial charge in [0.05, 0.1) is 0 Å². The Bertz CT molecular complexity index is 555. The van der Waals surface area contributed by atoms with Crippen molar-refractivity contribution in [3.05, 3.63) is 23.8 Å². The third-order valence-electron chi connectivity index (χ3n) is 8.24. The van der Waals surface area contributed by atoms with Gasteiger partial charge in [-0.1, -0.05) is 37.6 Å². The molecule has 0 amide bonds. The van der Waals surface area contributed by atoms with Gasteiger partial charge in [-0.15, -0.1) is 0 Å². The number of allylic oxidation sites excluding steroid dienone is 4. The number of rotatable bonds is 1. The number of hydrogen-bond acceptors (Lipinski definition) is 2. The molecule has 4 rings (SSSR count). The third kappa shape index (κ3) is 2.14. The van der Waals surface area contributed by atoms with Crippen molar-refractivity contribution in [2.75, 3.05) is 0 Å². The molecule has 0 aromatic rings. The molecule has 2 saturated carbocycles. The highest BCUT2D eigenvalue weighted by Crippen LogP contribution is 2.66. The maximum absolute atomic E-state index is 10.3. The van der Waals surface area contributed by atoms with E-state index in [1.165, 1.54) is 32.1 Å². The van der Waals surface area contributed by atoms with Crippen LogP contribution < -0.4 is 0 Å². The molecule has 2 heteroatoms. The van der Waals surface area contributed by atoms with E-state index in [2.05, 4.69) is 32.1 Å². The largest absolute Gasteiger partial charge is 0.366 e. The van der Waals surface area contributed by atoms with Gasteiger partial charge in [0.15, 0.2) is 5.79 Å². The summed E-state index contributed by atoms with van der Waals surface area (Å²) in [6.07, 6.45) is 15.6. The summed E-state index contributed by atoms with van der Waals surface area (Å²) in [4.78, 5) is 0. The van der Waals surface area contributed by atoms with Crippen molar-refractivity contribution in [3.8, 4) is 0 Å². The lowest BCUT2D eigenvalue weighted by Crippen LogP contribution is -2.52. The van der Waals surface area contributed by atoms with Gasteiger partial charge >= 0.3 is 0 Å². The van der Waals surface area contributed by atoms with Crippen LogP contribution in [0.1, 0.15) is 65.7 Å². The third-order valence-corrected chi connectivity index (χ3v) is 8.24. The Labute approximate surface area is 140 Å². The summed E-state index contributed by atoms with van der Waals surface area (Å²) in [5.74, 6) is 0.619. The zero-order valence-electron chi connectivity index (χ0n) is 14.9. The van der Waals surface area contributed by atoms with Crippen LogP contribution in [-0.2, 0) is 0 Å². The molecule has 6 atom stereocenters. The van der Waals surface area contributed by atoms with Gasteiger partial charge < -0.3 is 10.2 Å². The smallest absolute Gasteiger partial charge is 0.163 e. The standard InChI is InChI=1S/C21H32O2/c1-19-12-5-4-6-14(19)7-8-15-16-9-10-18(21(3,22)23)20(16,2)13-11-17(15)19/h5,7,12,15-18,22-23H,4,6,8-11,13H2,1-3H3/t15-,16-,17-,18-,19-,20-/m0/s1. The molecule has 0 bridgehead atoms. The molecule has 4 aliphatic carbocycles. The van der Waals surface area contributed by atoms with Gasteiger partial charge in [0.25, 0.3) is 0 Å². The highest BCUT2D eigenvalue weighted by Gasteiger charge is 2.60. The van der Waals surface area contributed by atoms with E-state index in [0.717, 1.165) is 24.7 Å². The second-order valence-electron chi connectivity index (χ2n) is 9.33. The van der Waals surface area contributed by atoms with Crippen LogP contribution in [0.5, 0.6) is 0 Å². The predicted molar refractivity (Wildman–Crippen MR) is 92.6 cm³/mol. The van der Waals surface area contributed by atoms with Crippen molar-refractivity contribution < 1.29 is 10.2 Å². The minimum atomic E-state index is -1.53. The number of aliphatic hydroxyl groups is 2. The van der Waals surface area contributed by atoms with E-state index >= 15 is 0 Å². The number of fused-ring (bicyclic) bond motifs is 5. The fourth-order valence-corrected chi connectivity index (χ4v) is 7.16. The molecule has 0 spiro atoms. The van der Waals surface area contributed by atoms with E-state index < -0.39 is 5.79 Å². The van der Waals surface area contributed by atoms with E-state index in [1.807, 2.05) is 0 Å². The molecule has 0 aromatic carbocycles. The Morgan fingerprint density at radius 1 is 1.13 bits per heavy atom. The summed E-state index contributed by atoms with van der Waals surface area (Å²) in [5.41, 5.74) is 2.04. The van der Waals surface area contributed by atoms with Crippen molar-refractivity contribution in [3.63, 3.8) is 0 Å². The molecule has 128 valence electrons. The van der Waals surface area contributed by atoms with Crippen molar-refractivity contribution in [2.24, 2.45) is 34.5 Å². The normalized spacial score (nSPS) is 49.2. The highest BCUT2D eigenvalue weighted by atomic mass is 16.5. The Balaban J connectivity index is 1.69. The Morgan fingerprint density at radius 2 is 1.91 bits per heavy atom. The van der Waals surface area contributed by atoms with Crippen molar-refractivity contribution in [2.45, 2.75) is 71.5 Å². The molecule has 2 N–H and O–H groups in total. The van der Waals surface area contributed by atoms with Crippen LogP contribution in [0.25, 0.3) is 0 Å². The van der Waals surface area contributed by atoms with E-state index in [4.69, 9.17) is 0 Å². The summed E-state index contributed by atoms with van der Waals surface area (Å²) >= 11 is 0. The van der Waals surface area contributed by atoms with Crippen LogP contribution in [0.2, 0.25) is 0 Å². The Morgan fingerprint density at radius 3 is 2.65 bits per heavy atom. The van der Waals surface area contributed by atoms with Crippen LogP contribution >= 0.6 is 0 Å². The second kappa shape index (κ2) is 4.95. The minimum absolute atomic E-state index is 0.0287. The van der Waals surface area contributed by atoms with Crippen LogP contribution in [-0.4, -0.2) is 16.0 Å². The predicted octanol–water partition coefficient (Wildman–Crippen LogP) is 4.43. The molecule has 0 aliphatic heterocycles. The molecule has 0 aromatic heterocycles. The first-order chi connectivity index (χ1) is 10.8. The molecule has 4 aliphatic rings. The quantitative estimate of drug-likeness (QED) is 0.555. The highest BCUT2D eigenvalue weighted by molar-refractivity contribution is 5.31. The maximum atomic E-state index is 10.3. The molecule has 0 radical (unpaired) electrons. The summed E-state index contributed by atoms with van der Waals surface area (Å²) in [7, 11) is 0. The number of hydrogen-bond donors (Lipinski definition) is 2. The van der Waals surface area contributed by atoms with E-state index in [0.29, 0.717) is 5.92 Å². The summed E-state index contributed by atoms with van der Waals surface area (Å²) in [5, 5.41) is 20.6. The summed E-state index contributed by atoms with van der Waals surface area (Å²) in [6.45, 7) is 6.40. The fourth-order valence-electron chi connectivity index (χ4n) is 7.16. The van der Waals surface area contributed by atoms with Crippen LogP contribution in [0, 0.1) is 34.5 Å². The first-order valence-electron chi connectivity index (χ1n) is 9.59. The fraction of sp³-hybridized carbons (Fsp3) is 0.810. The molecule has 2 fully saturated rings. The summed E-state index contributed by atoms with van der Waals surface area (Å²) < 4.78 is 0. The van der Waals surface area contributed by atoms with Crippen molar-refractivity contribution in [1.29, 1.82) is 0 Å². The van der Waals surface area contributed by atoms with Crippen LogP contribution in [0.3, 0.4) is 0 Å². The first kappa shape index (κ1) is 15.9. The summed E-state index contributed by atoms with van der Waals surface area (Å²) in [6, 6.07) is 0. The van der Waals surface area contributed by atoms with Gasteiger partial charge in [-0.2, -0.15) is 0 Å². The van der Waals surface area contributed by atoms with E-state index in [-0.39, 0.29) is 16.7 Å². The Kier molecular flexibility index (Phi) is 3.42. The molecule has 0 unspecified atom stereocenters. The van der Waals surface area contributed by atoms with Gasteiger partial charge in [0.2, 0.25) is 0 Å². The zero-order valence-corrected chi connectivity index (χ0v) is 14.9. The maximum Gasteiger partial charge on any atom is 0.163 e. The molecular formula is C21H32O2. The monoisotopic (exact) mass is 316 g/mol. The topological polar surface area (TPSA) is 40.5 Å². The van der Waals surface area contributed by atoms with Crippen LogP contribution in [0.4, 0.5) is 0 Å². The molecule has 0 saturated heterocycles. The van der Waals surface area contributed by atoms with Gasteiger partial charge in [-0.3, -0.25) is 0 Å². The SMILES string of the molecule is CC(O)(O)[C@H]1CC[C@H]2[C@@H]3CC=C4CCC=C[C@]4(C)[C@H]3CC[C@]12C. The van der Waals surface area contributed by atoms with Gasteiger partial charge in [-0.25, -0.2) is 0 Å². The van der Waals surface area contributed by atoms with E-state index in [1.54, 1.807) is 12.5 Å². The van der Waals surface area contributed by atoms with E-state index in [9.17, 15) is 10.2 Å². The van der Waals surface area contributed by atoms with Gasteiger partial charge in [0, 0.05) is 11.3 Å². The Hall–Kier alpha value is -0.600. The van der Waals surface area contributed by atoms with Crippen molar-refractivity contribution in [1.82, 2.24) is 0 Å². The van der Waals surface area contributed by atoms with Crippen LogP contribution in [0.15, 0.2) is 23.8 Å². The average Bonchev–Trinajstić information content (AvgIpc) is 2.84. The lowest BCUT2D eigenvalue weighted by molar-refractivity contribution is -0.217. The lowest BCUT2D eigenvalue weighted by atomic mass is 9.48. The van der Waals surface area contributed by atoms with Gasteiger partial charge in [-0.05, 0) is 75.0 Å². The van der Waals surface area contributed by atoms with Gasteiger partial charge in [0.1, 0.15) is 0 Å². The first-order valence-corrected chi connectivity index (χ1v) is 9.59. The lowest BCUT2D eigenvalue weighted by Gasteiger charge is -2.57. The second-order valence-corrected chi connectivity index (χ2v) is 9.33. The zero-order chi connectivity index (χ0) is 16.5. The molecule has 0 heterocycles. The minimum Gasteiger partial charge on any atom is -0.366 e. The average molecular weight is 316 g/mol. The molecular weight excluding hydrogens is 284 g/mol. The molecule has 2 nitrogen and oxygen atoms in total. The van der Waals surface area contributed by atoms with Crippen molar-refractivity contribution >= 4 is 0 Å². The molecule has 23 heavy (non-hydrogen) atoms.